The molecular formula is C11H18IN3S. The molecule has 2 rings (SSSR count). The van der Waals surface area contributed by atoms with E-state index >= 15 is 0 Å². The summed E-state index contributed by atoms with van der Waals surface area (Å²) in [6.07, 6.45) is 2.58. The smallest absolute Gasteiger partial charge is 0.193 e. The van der Waals surface area contributed by atoms with E-state index in [1.54, 1.807) is 11.3 Å². The third kappa shape index (κ3) is 3.62. The van der Waals surface area contributed by atoms with Gasteiger partial charge in [-0.25, -0.2) is 0 Å². The van der Waals surface area contributed by atoms with Crippen molar-refractivity contribution < 1.29 is 0 Å². The monoisotopic (exact) mass is 351 g/mol. The van der Waals surface area contributed by atoms with E-state index in [1.807, 2.05) is 7.05 Å². The molecule has 0 aliphatic carbocycles. The van der Waals surface area contributed by atoms with Gasteiger partial charge in [-0.3, -0.25) is 4.99 Å². The van der Waals surface area contributed by atoms with E-state index in [4.69, 9.17) is 0 Å². The van der Waals surface area contributed by atoms with Crippen molar-refractivity contribution in [2.24, 2.45) is 4.99 Å². The van der Waals surface area contributed by atoms with Gasteiger partial charge in [0.05, 0.1) is 6.54 Å². The van der Waals surface area contributed by atoms with Crippen LogP contribution in [0.15, 0.2) is 22.5 Å². The first-order valence-electron chi connectivity index (χ1n) is 5.38. The number of likely N-dealkylation sites (tertiary alicyclic amines) is 1. The largest absolute Gasteiger partial charge is 0.351 e. The average molecular weight is 351 g/mol. The van der Waals surface area contributed by atoms with Crippen molar-refractivity contribution in [1.82, 2.24) is 10.2 Å². The first kappa shape index (κ1) is 13.8. The molecule has 0 amide bonds. The Morgan fingerprint density at radius 3 is 2.81 bits per heavy atom. The number of hydrogen-bond acceptors (Lipinski definition) is 2. The van der Waals surface area contributed by atoms with E-state index in [0.29, 0.717) is 0 Å². The predicted octanol–water partition coefficient (Wildman–Crippen LogP) is 2.54. The van der Waals surface area contributed by atoms with Crippen molar-refractivity contribution in [2.75, 3.05) is 20.1 Å². The minimum Gasteiger partial charge on any atom is -0.351 e. The molecule has 0 radical (unpaired) electrons. The molecule has 0 spiro atoms. The lowest BCUT2D eigenvalue weighted by Crippen LogP contribution is -2.38. The number of rotatable bonds is 2. The van der Waals surface area contributed by atoms with Crippen molar-refractivity contribution in [3.63, 3.8) is 0 Å². The Morgan fingerprint density at radius 2 is 2.25 bits per heavy atom. The van der Waals surface area contributed by atoms with Gasteiger partial charge in [-0.1, -0.05) is 6.07 Å². The molecule has 16 heavy (non-hydrogen) atoms. The van der Waals surface area contributed by atoms with Gasteiger partial charge in [0.1, 0.15) is 0 Å². The van der Waals surface area contributed by atoms with Gasteiger partial charge in [-0.15, -0.1) is 35.3 Å². The number of guanidine groups is 1. The van der Waals surface area contributed by atoms with Gasteiger partial charge in [-0.2, -0.15) is 0 Å². The second-order valence-corrected chi connectivity index (χ2v) is 4.71. The third-order valence-electron chi connectivity index (χ3n) is 2.62. The van der Waals surface area contributed by atoms with Crippen LogP contribution in [0.5, 0.6) is 0 Å². The van der Waals surface area contributed by atoms with Gasteiger partial charge in [-0.05, 0) is 24.3 Å². The van der Waals surface area contributed by atoms with Crippen LogP contribution in [-0.4, -0.2) is 31.0 Å². The number of halogens is 1. The summed E-state index contributed by atoms with van der Waals surface area (Å²) < 4.78 is 0. The highest BCUT2D eigenvalue weighted by molar-refractivity contribution is 14.0. The summed E-state index contributed by atoms with van der Waals surface area (Å²) in [4.78, 5) is 7.99. The maximum absolute atomic E-state index is 4.31. The molecule has 0 bridgehead atoms. The molecule has 0 atom stereocenters. The molecule has 1 aliphatic rings. The van der Waals surface area contributed by atoms with Crippen LogP contribution in [0.4, 0.5) is 0 Å². The van der Waals surface area contributed by atoms with Crippen LogP contribution in [0.3, 0.4) is 0 Å². The average Bonchev–Trinajstić information content (AvgIpc) is 2.90. The first-order chi connectivity index (χ1) is 7.40. The second-order valence-electron chi connectivity index (χ2n) is 3.67. The van der Waals surface area contributed by atoms with Crippen LogP contribution in [-0.2, 0) is 6.54 Å². The van der Waals surface area contributed by atoms with E-state index in [1.165, 1.54) is 17.7 Å². The van der Waals surface area contributed by atoms with Crippen molar-refractivity contribution >= 4 is 41.3 Å². The number of aliphatic imine (C=N–C) groups is 1. The van der Waals surface area contributed by atoms with Gasteiger partial charge in [0.2, 0.25) is 0 Å². The van der Waals surface area contributed by atoms with Crippen LogP contribution in [0.2, 0.25) is 0 Å². The zero-order valence-corrected chi connectivity index (χ0v) is 12.6. The second kappa shape index (κ2) is 7.11. The van der Waals surface area contributed by atoms with Gasteiger partial charge >= 0.3 is 0 Å². The first-order valence-corrected chi connectivity index (χ1v) is 6.26. The molecule has 1 N–H and O–H groups in total. The van der Waals surface area contributed by atoms with Gasteiger partial charge in [0.25, 0.3) is 0 Å². The molecule has 5 heteroatoms. The summed E-state index contributed by atoms with van der Waals surface area (Å²) in [5.41, 5.74) is 0. The SMILES string of the molecule is CN=C(NCc1cccs1)N1CCCC1.I. The maximum atomic E-state index is 4.31. The lowest BCUT2D eigenvalue weighted by Gasteiger charge is -2.20. The number of thiophene rings is 1. The molecule has 0 unspecified atom stereocenters. The highest BCUT2D eigenvalue weighted by atomic mass is 127. The van der Waals surface area contributed by atoms with Crippen LogP contribution < -0.4 is 5.32 Å². The Labute approximate surface area is 118 Å². The third-order valence-corrected chi connectivity index (χ3v) is 3.49. The summed E-state index contributed by atoms with van der Waals surface area (Å²) in [5, 5.41) is 5.51. The summed E-state index contributed by atoms with van der Waals surface area (Å²) in [7, 11) is 1.86. The molecule has 3 nitrogen and oxygen atoms in total. The fourth-order valence-corrected chi connectivity index (χ4v) is 2.49. The lowest BCUT2D eigenvalue weighted by atomic mass is 10.4. The molecule has 1 saturated heterocycles. The summed E-state index contributed by atoms with van der Waals surface area (Å²) in [6, 6.07) is 4.23. The fraction of sp³-hybridized carbons (Fsp3) is 0.545. The minimum atomic E-state index is 0. The summed E-state index contributed by atoms with van der Waals surface area (Å²) >= 11 is 1.78. The fourth-order valence-electron chi connectivity index (χ4n) is 1.84. The van der Waals surface area contributed by atoms with Gasteiger partial charge in [0, 0.05) is 25.0 Å². The Kier molecular flexibility index (Phi) is 6.12. The van der Waals surface area contributed by atoms with Crippen molar-refractivity contribution in [3.8, 4) is 0 Å². The normalized spacial score (nSPS) is 16.1. The van der Waals surface area contributed by atoms with Crippen molar-refractivity contribution in [3.05, 3.63) is 22.4 Å². The quantitative estimate of drug-likeness (QED) is 0.504. The van der Waals surface area contributed by atoms with E-state index in [-0.39, 0.29) is 24.0 Å². The van der Waals surface area contributed by atoms with Crippen LogP contribution in [0.1, 0.15) is 17.7 Å². The van der Waals surface area contributed by atoms with Gasteiger partial charge in [0.15, 0.2) is 5.96 Å². The molecule has 1 aromatic rings. The Balaban J connectivity index is 0.00000128. The molecule has 90 valence electrons. The van der Waals surface area contributed by atoms with Crippen molar-refractivity contribution in [2.45, 2.75) is 19.4 Å². The zero-order valence-electron chi connectivity index (χ0n) is 9.48. The maximum Gasteiger partial charge on any atom is 0.193 e. The standard InChI is InChI=1S/C11H17N3S.HI/c1-12-11(14-6-2-3-7-14)13-9-10-5-4-8-15-10;/h4-5,8H,2-3,6-7,9H2,1H3,(H,12,13);1H. The molecule has 2 heterocycles. The Hall–Kier alpha value is -0.300. The van der Waals surface area contributed by atoms with Crippen LogP contribution in [0.25, 0.3) is 0 Å². The number of nitrogens with one attached hydrogen (secondary N) is 1. The lowest BCUT2D eigenvalue weighted by molar-refractivity contribution is 0.494. The predicted molar refractivity (Wildman–Crippen MR) is 80.7 cm³/mol. The van der Waals surface area contributed by atoms with Crippen molar-refractivity contribution in [1.29, 1.82) is 0 Å². The Morgan fingerprint density at radius 1 is 1.50 bits per heavy atom. The van der Waals surface area contributed by atoms with E-state index in [0.717, 1.165) is 25.6 Å². The minimum absolute atomic E-state index is 0. The zero-order chi connectivity index (χ0) is 10.5. The van der Waals surface area contributed by atoms with E-state index < -0.39 is 0 Å². The van der Waals surface area contributed by atoms with Gasteiger partial charge < -0.3 is 10.2 Å². The molecule has 0 aromatic carbocycles. The molecule has 0 saturated carbocycles. The summed E-state index contributed by atoms with van der Waals surface area (Å²) in [5.74, 6) is 1.04. The van der Waals surface area contributed by atoms with E-state index in [2.05, 4.69) is 32.7 Å². The highest BCUT2D eigenvalue weighted by Crippen LogP contribution is 2.10. The summed E-state index contributed by atoms with van der Waals surface area (Å²) in [6.45, 7) is 3.18. The molecule has 1 aliphatic heterocycles. The van der Waals surface area contributed by atoms with E-state index in [9.17, 15) is 0 Å². The van der Waals surface area contributed by atoms with Crippen LogP contribution >= 0.6 is 35.3 Å². The number of hydrogen-bond donors (Lipinski definition) is 1. The Bertz CT molecular complexity index is 318. The van der Waals surface area contributed by atoms with Crippen LogP contribution in [0, 0.1) is 0 Å². The topological polar surface area (TPSA) is 27.6 Å². The molecule has 1 aromatic heterocycles. The highest BCUT2D eigenvalue weighted by Gasteiger charge is 2.15. The number of nitrogens with zero attached hydrogens (tertiary/aromatic N) is 2. The molecular weight excluding hydrogens is 333 g/mol. The molecule has 1 fully saturated rings.